The van der Waals surface area contributed by atoms with Gasteiger partial charge in [-0.2, -0.15) is 0 Å². The van der Waals surface area contributed by atoms with Crippen LogP contribution in [0.15, 0.2) is 46.9 Å². The molecule has 0 fully saturated rings. The number of imidazole rings is 1. The SMILES string of the molecule is Cc1cc(-c2nc3ccccc3[nH]2)ccc1Br. The van der Waals surface area contributed by atoms with Crippen molar-refractivity contribution in [2.75, 3.05) is 0 Å². The highest BCUT2D eigenvalue weighted by atomic mass is 79.9. The zero-order chi connectivity index (χ0) is 11.8. The molecule has 3 aromatic rings. The van der Waals surface area contributed by atoms with Crippen molar-refractivity contribution in [2.24, 2.45) is 0 Å². The molecule has 0 radical (unpaired) electrons. The van der Waals surface area contributed by atoms with Crippen LogP contribution in [0.3, 0.4) is 0 Å². The zero-order valence-electron chi connectivity index (χ0n) is 9.37. The first kappa shape index (κ1) is 10.5. The third kappa shape index (κ3) is 1.87. The van der Waals surface area contributed by atoms with Crippen LogP contribution in [0.1, 0.15) is 5.56 Å². The Kier molecular flexibility index (Phi) is 2.48. The number of rotatable bonds is 1. The lowest BCUT2D eigenvalue weighted by Crippen LogP contribution is -1.82. The molecule has 1 N–H and O–H groups in total. The number of nitrogens with one attached hydrogen (secondary N) is 1. The third-order valence-corrected chi connectivity index (χ3v) is 3.71. The predicted octanol–water partition coefficient (Wildman–Crippen LogP) is 4.30. The molecule has 1 heterocycles. The number of H-pyrrole nitrogens is 1. The predicted molar refractivity (Wildman–Crippen MR) is 74.0 cm³/mol. The smallest absolute Gasteiger partial charge is 0.138 e. The van der Waals surface area contributed by atoms with Gasteiger partial charge in [0, 0.05) is 10.0 Å². The van der Waals surface area contributed by atoms with Crippen molar-refractivity contribution in [1.29, 1.82) is 0 Å². The summed E-state index contributed by atoms with van der Waals surface area (Å²) in [6.07, 6.45) is 0. The van der Waals surface area contributed by atoms with Gasteiger partial charge in [-0.25, -0.2) is 4.98 Å². The van der Waals surface area contributed by atoms with Gasteiger partial charge in [-0.3, -0.25) is 0 Å². The third-order valence-electron chi connectivity index (χ3n) is 2.82. The van der Waals surface area contributed by atoms with Crippen LogP contribution in [0, 0.1) is 6.92 Å². The van der Waals surface area contributed by atoms with E-state index in [1.807, 2.05) is 24.3 Å². The molecular weight excluding hydrogens is 276 g/mol. The number of aromatic nitrogens is 2. The van der Waals surface area contributed by atoms with E-state index >= 15 is 0 Å². The number of fused-ring (bicyclic) bond motifs is 1. The van der Waals surface area contributed by atoms with Crippen molar-refractivity contribution in [1.82, 2.24) is 9.97 Å². The quantitative estimate of drug-likeness (QED) is 0.710. The van der Waals surface area contributed by atoms with E-state index in [-0.39, 0.29) is 0 Å². The van der Waals surface area contributed by atoms with Crippen molar-refractivity contribution in [2.45, 2.75) is 6.92 Å². The van der Waals surface area contributed by atoms with Gasteiger partial charge >= 0.3 is 0 Å². The molecule has 0 bridgehead atoms. The molecule has 2 nitrogen and oxygen atoms in total. The Morgan fingerprint density at radius 2 is 1.94 bits per heavy atom. The first-order valence-corrected chi connectivity index (χ1v) is 6.24. The van der Waals surface area contributed by atoms with Crippen LogP contribution in [0.2, 0.25) is 0 Å². The van der Waals surface area contributed by atoms with Crippen LogP contribution in [0.4, 0.5) is 0 Å². The van der Waals surface area contributed by atoms with Crippen molar-refractivity contribution < 1.29 is 0 Å². The Bertz CT molecular complexity index is 653. The topological polar surface area (TPSA) is 28.7 Å². The van der Waals surface area contributed by atoms with Gasteiger partial charge in [-0.1, -0.05) is 34.1 Å². The van der Waals surface area contributed by atoms with Gasteiger partial charge in [0.2, 0.25) is 0 Å². The molecule has 3 rings (SSSR count). The maximum Gasteiger partial charge on any atom is 0.138 e. The van der Waals surface area contributed by atoms with E-state index < -0.39 is 0 Å². The highest BCUT2D eigenvalue weighted by Gasteiger charge is 2.05. The van der Waals surface area contributed by atoms with Crippen LogP contribution in [0.5, 0.6) is 0 Å². The maximum atomic E-state index is 4.58. The zero-order valence-corrected chi connectivity index (χ0v) is 11.0. The summed E-state index contributed by atoms with van der Waals surface area (Å²) in [5.41, 5.74) is 4.40. The molecule has 0 aliphatic heterocycles. The second kappa shape index (κ2) is 4.00. The summed E-state index contributed by atoms with van der Waals surface area (Å²) >= 11 is 3.51. The van der Waals surface area contributed by atoms with Crippen LogP contribution in [0.25, 0.3) is 22.4 Å². The summed E-state index contributed by atoms with van der Waals surface area (Å²) in [6.45, 7) is 2.08. The molecule has 17 heavy (non-hydrogen) atoms. The van der Waals surface area contributed by atoms with Crippen molar-refractivity contribution >= 4 is 27.0 Å². The van der Waals surface area contributed by atoms with Gasteiger partial charge in [-0.15, -0.1) is 0 Å². The van der Waals surface area contributed by atoms with E-state index in [0.29, 0.717) is 0 Å². The highest BCUT2D eigenvalue weighted by Crippen LogP contribution is 2.24. The average Bonchev–Trinajstić information content (AvgIpc) is 2.76. The minimum Gasteiger partial charge on any atom is -0.338 e. The fraction of sp³-hybridized carbons (Fsp3) is 0.0714. The number of aryl methyl sites for hydroxylation is 1. The van der Waals surface area contributed by atoms with E-state index in [1.165, 1.54) is 5.56 Å². The molecule has 0 atom stereocenters. The highest BCUT2D eigenvalue weighted by molar-refractivity contribution is 9.10. The normalized spacial score (nSPS) is 10.9. The first-order valence-electron chi connectivity index (χ1n) is 5.45. The molecule has 1 aromatic heterocycles. The summed E-state index contributed by atoms with van der Waals surface area (Å²) in [5.74, 6) is 0.918. The minimum atomic E-state index is 0.918. The largest absolute Gasteiger partial charge is 0.338 e. The molecule has 0 unspecified atom stereocenters. The Hall–Kier alpha value is -1.61. The summed E-state index contributed by atoms with van der Waals surface area (Å²) in [4.78, 5) is 7.92. The van der Waals surface area contributed by atoms with Crippen LogP contribution in [-0.2, 0) is 0 Å². The Morgan fingerprint density at radius 3 is 2.71 bits per heavy atom. The molecule has 0 aliphatic carbocycles. The second-order valence-corrected chi connectivity index (χ2v) is 4.92. The minimum absolute atomic E-state index is 0.918. The standard InChI is InChI=1S/C14H11BrN2/c1-9-8-10(6-7-11(9)15)14-16-12-4-2-3-5-13(12)17-14/h2-8H,1H3,(H,16,17). The summed E-state index contributed by atoms with van der Waals surface area (Å²) in [6, 6.07) is 14.3. The van der Waals surface area contributed by atoms with E-state index in [0.717, 1.165) is 26.9 Å². The molecule has 0 saturated heterocycles. The van der Waals surface area contributed by atoms with Crippen LogP contribution in [-0.4, -0.2) is 9.97 Å². The number of hydrogen-bond acceptors (Lipinski definition) is 1. The van der Waals surface area contributed by atoms with E-state index in [2.05, 4.69) is 51.0 Å². The Morgan fingerprint density at radius 1 is 1.12 bits per heavy atom. The molecule has 0 spiro atoms. The number of para-hydroxylation sites is 2. The van der Waals surface area contributed by atoms with E-state index in [4.69, 9.17) is 0 Å². The van der Waals surface area contributed by atoms with E-state index in [9.17, 15) is 0 Å². The first-order chi connectivity index (χ1) is 8.24. The Balaban J connectivity index is 2.17. The van der Waals surface area contributed by atoms with Crippen LogP contribution < -0.4 is 0 Å². The number of hydrogen-bond donors (Lipinski definition) is 1. The van der Waals surface area contributed by atoms with Gasteiger partial charge in [0.15, 0.2) is 0 Å². The van der Waals surface area contributed by atoms with Gasteiger partial charge in [0.1, 0.15) is 5.82 Å². The Labute approximate surface area is 108 Å². The molecule has 2 aromatic carbocycles. The van der Waals surface area contributed by atoms with Gasteiger partial charge < -0.3 is 4.98 Å². The number of nitrogens with zero attached hydrogens (tertiary/aromatic N) is 1. The van der Waals surface area contributed by atoms with E-state index in [1.54, 1.807) is 0 Å². The molecular formula is C14H11BrN2. The van der Waals surface area contributed by atoms with Gasteiger partial charge in [-0.05, 0) is 36.8 Å². The number of halogens is 1. The van der Waals surface area contributed by atoms with Crippen molar-refractivity contribution in [3.05, 3.63) is 52.5 Å². The monoisotopic (exact) mass is 286 g/mol. The molecule has 0 aliphatic rings. The lowest BCUT2D eigenvalue weighted by molar-refractivity contribution is 1.32. The molecule has 3 heteroatoms. The van der Waals surface area contributed by atoms with Crippen molar-refractivity contribution in [3.63, 3.8) is 0 Å². The van der Waals surface area contributed by atoms with Crippen molar-refractivity contribution in [3.8, 4) is 11.4 Å². The molecule has 0 saturated carbocycles. The second-order valence-electron chi connectivity index (χ2n) is 4.07. The summed E-state index contributed by atoms with van der Waals surface area (Å²) in [7, 11) is 0. The maximum absolute atomic E-state index is 4.58. The summed E-state index contributed by atoms with van der Waals surface area (Å²) < 4.78 is 1.12. The lowest BCUT2D eigenvalue weighted by atomic mass is 10.1. The molecule has 84 valence electrons. The van der Waals surface area contributed by atoms with Gasteiger partial charge in [0.25, 0.3) is 0 Å². The number of benzene rings is 2. The average molecular weight is 287 g/mol. The fourth-order valence-corrected chi connectivity index (χ4v) is 2.13. The fourth-order valence-electron chi connectivity index (χ4n) is 1.88. The lowest BCUT2D eigenvalue weighted by Gasteiger charge is -2.00. The number of aromatic amines is 1. The van der Waals surface area contributed by atoms with Crippen LogP contribution >= 0.6 is 15.9 Å². The molecule has 0 amide bonds. The summed E-state index contributed by atoms with van der Waals surface area (Å²) in [5, 5.41) is 0. The van der Waals surface area contributed by atoms with Gasteiger partial charge in [0.05, 0.1) is 11.0 Å².